The Kier molecular flexibility index (Phi) is 8.05. The molecule has 3 rings (SSSR count). The average molecular weight is 523 g/mol. The molecule has 2 fully saturated rings. The van der Waals surface area contributed by atoms with Gasteiger partial charge in [0.25, 0.3) is 0 Å². The fourth-order valence-electron chi connectivity index (χ4n) is 4.63. The molecule has 0 aliphatic carbocycles. The lowest BCUT2D eigenvalue weighted by Crippen LogP contribution is -2.65. The van der Waals surface area contributed by atoms with Gasteiger partial charge >= 0.3 is 0 Å². The van der Waals surface area contributed by atoms with Gasteiger partial charge < -0.3 is 0 Å². The van der Waals surface area contributed by atoms with Crippen LogP contribution in [0.15, 0.2) is 24.3 Å². The molecular formula is C23H27ClN4O4S2. The first kappa shape index (κ1) is 26.2. The van der Waals surface area contributed by atoms with Gasteiger partial charge in [-0.15, -0.1) is 0 Å². The van der Waals surface area contributed by atoms with Crippen molar-refractivity contribution in [3.8, 4) is 0 Å². The number of carbonyl (C=O) groups excluding carboxylic acids is 4. The summed E-state index contributed by atoms with van der Waals surface area (Å²) in [5.41, 5.74) is 0.377. The van der Waals surface area contributed by atoms with Crippen molar-refractivity contribution in [2.45, 2.75) is 33.6 Å². The third-order valence-corrected chi connectivity index (χ3v) is 7.53. The summed E-state index contributed by atoms with van der Waals surface area (Å²) >= 11 is 17.3. The Morgan fingerprint density at radius 1 is 0.706 bits per heavy atom. The zero-order valence-corrected chi connectivity index (χ0v) is 21.9. The summed E-state index contributed by atoms with van der Waals surface area (Å²) in [6.45, 7) is 7.98. The smallest absolute Gasteiger partial charge is 0.242 e. The Labute approximate surface area is 214 Å². The van der Waals surface area contributed by atoms with E-state index in [9.17, 15) is 19.2 Å². The molecule has 0 radical (unpaired) electrons. The predicted octanol–water partition coefficient (Wildman–Crippen LogP) is 2.65. The highest BCUT2D eigenvalue weighted by Crippen LogP contribution is 2.43. The fourth-order valence-corrected chi connectivity index (χ4v) is 5.77. The first-order valence-corrected chi connectivity index (χ1v) is 12.4. The molecule has 2 aliphatic heterocycles. The van der Waals surface area contributed by atoms with Crippen LogP contribution in [0, 0.1) is 11.8 Å². The SMILES string of the molecule is CCN1C(=O)C(C(c2ccccc2Cl)C2C(=O)N(CC)C(=S)N(CC)C2=O)C(=O)N(CC)C1=S. The van der Waals surface area contributed by atoms with Crippen molar-refractivity contribution in [2.75, 3.05) is 26.2 Å². The normalized spacial score (nSPS) is 18.8. The van der Waals surface area contributed by atoms with Crippen LogP contribution < -0.4 is 0 Å². The minimum atomic E-state index is -1.35. The Balaban J connectivity index is 2.27. The van der Waals surface area contributed by atoms with Gasteiger partial charge in [0.05, 0.1) is 0 Å². The summed E-state index contributed by atoms with van der Waals surface area (Å²) in [5.74, 6) is -6.04. The van der Waals surface area contributed by atoms with Crippen LogP contribution in [0.4, 0.5) is 0 Å². The highest BCUT2D eigenvalue weighted by molar-refractivity contribution is 7.80. The van der Waals surface area contributed by atoms with Gasteiger partial charge in [0.15, 0.2) is 10.2 Å². The third-order valence-electron chi connectivity index (χ3n) is 6.30. The van der Waals surface area contributed by atoms with Crippen LogP contribution in [0.2, 0.25) is 5.02 Å². The Morgan fingerprint density at radius 2 is 1.03 bits per heavy atom. The molecule has 0 spiro atoms. The van der Waals surface area contributed by atoms with Gasteiger partial charge in [-0.25, -0.2) is 0 Å². The van der Waals surface area contributed by atoms with Crippen molar-refractivity contribution in [1.29, 1.82) is 0 Å². The fraction of sp³-hybridized carbons (Fsp3) is 0.478. The van der Waals surface area contributed by atoms with Crippen molar-refractivity contribution in [3.05, 3.63) is 34.9 Å². The van der Waals surface area contributed by atoms with Crippen LogP contribution in [-0.4, -0.2) is 79.6 Å². The standard InChI is InChI=1S/C23H27ClN4O4S2/c1-5-25-18(29)16(19(30)26(6-2)22(25)33)15(13-11-9-10-12-14(13)24)17-20(31)27(7-3)23(34)28(8-4)21(17)32/h9-12,15-17H,5-8H2,1-4H3. The van der Waals surface area contributed by atoms with Crippen LogP contribution in [0.5, 0.6) is 0 Å². The molecule has 2 saturated heterocycles. The Hall–Kier alpha value is -2.43. The van der Waals surface area contributed by atoms with Crippen molar-refractivity contribution in [2.24, 2.45) is 11.8 Å². The number of nitrogens with zero attached hydrogens (tertiary/aromatic N) is 4. The van der Waals surface area contributed by atoms with Crippen LogP contribution in [0.1, 0.15) is 39.2 Å². The number of benzene rings is 1. The van der Waals surface area contributed by atoms with Crippen LogP contribution in [0.3, 0.4) is 0 Å². The lowest BCUT2D eigenvalue weighted by Gasteiger charge is -2.45. The second-order valence-corrected chi connectivity index (χ2v) is 9.04. The Bertz CT molecular complexity index is 953. The van der Waals surface area contributed by atoms with Crippen molar-refractivity contribution < 1.29 is 19.2 Å². The molecule has 0 atom stereocenters. The first-order chi connectivity index (χ1) is 16.2. The molecule has 34 heavy (non-hydrogen) atoms. The van der Waals surface area contributed by atoms with Crippen LogP contribution in [-0.2, 0) is 19.2 Å². The molecule has 8 nitrogen and oxygen atoms in total. The molecular weight excluding hydrogens is 496 g/mol. The summed E-state index contributed by atoms with van der Waals surface area (Å²) in [6, 6.07) is 6.66. The zero-order valence-electron chi connectivity index (χ0n) is 19.5. The predicted molar refractivity (Wildman–Crippen MR) is 136 cm³/mol. The van der Waals surface area contributed by atoms with E-state index in [1.54, 1.807) is 52.0 Å². The van der Waals surface area contributed by atoms with Crippen LogP contribution >= 0.6 is 36.0 Å². The number of hydrogen-bond acceptors (Lipinski definition) is 6. The summed E-state index contributed by atoms with van der Waals surface area (Å²) in [6.07, 6.45) is 0. The molecule has 0 unspecified atom stereocenters. The van der Waals surface area contributed by atoms with E-state index >= 15 is 0 Å². The summed E-state index contributed by atoms with van der Waals surface area (Å²) in [7, 11) is 0. The van der Waals surface area contributed by atoms with E-state index in [0.29, 0.717) is 5.56 Å². The monoisotopic (exact) mass is 522 g/mol. The summed E-state index contributed by atoms with van der Waals surface area (Å²) in [5, 5.41) is 0.483. The highest BCUT2D eigenvalue weighted by Gasteiger charge is 2.56. The summed E-state index contributed by atoms with van der Waals surface area (Å²) < 4.78 is 0. The second kappa shape index (κ2) is 10.5. The van der Waals surface area contributed by atoms with Gasteiger partial charge in [-0.1, -0.05) is 29.8 Å². The van der Waals surface area contributed by atoms with Crippen LogP contribution in [0.25, 0.3) is 0 Å². The molecule has 2 heterocycles. The lowest BCUT2D eigenvalue weighted by molar-refractivity contribution is -0.153. The highest BCUT2D eigenvalue weighted by atomic mass is 35.5. The molecule has 1 aromatic carbocycles. The van der Waals surface area contributed by atoms with Gasteiger partial charge in [0, 0.05) is 37.1 Å². The van der Waals surface area contributed by atoms with E-state index in [2.05, 4.69) is 0 Å². The first-order valence-electron chi connectivity index (χ1n) is 11.2. The van der Waals surface area contributed by atoms with E-state index < -0.39 is 41.4 Å². The van der Waals surface area contributed by atoms with Crippen molar-refractivity contribution in [1.82, 2.24) is 19.6 Å². The maximum atomic E-state index is 13.7. The number of amides is 4. The van der Waals surface area contributed by atoms with Crippen molar-refractivity contribution in [3.63, 3.8) is 0 Å². The van der Waals surface area contributed by atoms with Gasteiger partial charge in [0.2, 0.25) is 23.6 Å². The number of rotatable bonds is 7. The minimum absolute atomic E-state index is 0.113. The molecule has 2 aliphatic rings. The van der Waals surface area contributed by atoms with E-state index in [1.165, 1.54) is 19.6 Å². The van der Waals surface area contributed by atoms with E-state index in [4.69, 9.17) is 36.0 Å². The lowest BCUT2D eigenvalue weighted by atomic mass is 9.73. The molecule has 0 saturated carbocycles. The van der Waals surface area contributed by atoms with E-state index in [1.807, 2.05) is 0 Å². The van der Waals surface area contributed by atoms with Gasteiger partial charge in [-0.05, 0) is 63.8 Å². The quantitative estimate of drug-likeness (QED) is 0.404. The number of carbonyl (C=O) groups is 4. The third kappa shape index (κ3) is 4.12. The number of halogens is 1. The summed E-state index contributed by atoms with van der Waals surface area (Å²) in [4.78, 5) is 60.0. The Morgan fingerprint density at radius 3 is 1.32 bits per heavy atom. The largest absolute Gasteiger partial charge is 0.288 e. The zero-order chi connectivity index (χ0) is 25.3. The van der Waals surface area contributed by atoms with Gasteiger partial charge in [0.1, 0.15) is 11.8 Å². The topological polar surface area (TPSA) is 81.2 Å². The molecule has 182 valence electrons. The van der Waals surface area contributed by atoms with Gasteiger partial charge in [-0.2, -0.15) is 0 Å². The maximum absolute atomic E-state index is 13.7. The number of thiocarbonyl (C=S) groups is 2. The molecule has 0 bridgehead atoms. The second-order valence-electron chi connectivity index (χ2n) is 7.90. The number of hydrogen-bond donors (Lipinski definition) is 0. The molecule has 1 aromatic rings. The minimum Gasteiger partial charge on any atom is -0.288 e. The molecule has 0 aromatic heterocycles. The van der Waals surface area contributed by atoms with E-state index in [-0.39, 0.29) is 41.4 Å². The van der Waals surface area contributed by atoms with E-state index in [0.717, 1.165) is 0 Å². The molecule has 0 N–H and O–H groups in total. The molecule has 4 amide bonds. The molecule has 11 heteroatoms. The maximum Gasteiger partial charge on any atom is 0.242 e. The van der Waals surface area contributed by atoms with Gasteiger partial charge in [-0.3, -0.25) is 38.8 Å². The average Bonchev–Trinajstić information content (AvgIpc) is 2.79. The van der Waals surface area contributed by atoms with Crippen molar-refractivity contribution >= 4 is 69.9 Å².